The number of aliphatic hydroxyl groups excluding tert-OH is 1. The van der Waals surface area contributed by atoms with E-state index in [-0.39, 0.29) is 17.2 Å². The molecule has 0 fully saturated rings. The van der Waals surface area contributed by atoms with Crippen LogP contribution in [0.3, 0.4) is 0 Å². The number of para-hydroxylation sites is 1. The van der Waals surface area contributed by atoms with Crippen LogP contribution in [0.5, 0.6) is 0 Å². The molecule has 2 aromatic carbocycles. The Morgan fingerprint density at radius 1 is 1.19 bits per heavy atom. The highest BCUT2D eigenvalue weighted by Crippen LogP contribution is 2.30. The van der Waals surface area contributed by atoms with E-state index in [1.54, 1.807) is 36.4 Å². The third-order valence-corrected chi connectivity index (χ3v) is 2.97. The summed E-state index contributed by atoms with van der Waals surface area (Å²) < 4.78 is 0. The first kappa shape index (κ1) is 14.7. The summed E-state index contributed by atoms with van der Waals surface area (Å²) in [6.45, 7) is 1.40. The third-order valence-electron chi connectivity index (χ3n) is 2.97. The van der Waals surface area contributed by atoms with Gasteiger partial charge < -0.3 is 10.4 Å². The molecule has 21 heavy (non-hydrogen) atoms. The fraction of sp³-hybridized carbons (Fsp3) is 0.133. The summed E-state index contributed by atoms with van der Waals surface area (Å²) in [6, 6.07) is 12.6. The maximum Gasteiger partial charge on any atom is 0.275 e. The van der Waals surface area contributed by atoms with Crippen LogP contribution < -0.4 is 5.32 Å². The summed E-state index contributed by atoms with van der Waals surface area (Å²) in [5.41, 5.74) is 1.21. The zero-order valence-electron chi connectivity index (χ0n) is 11.3. The lowest BCUT2D eigenvalue weighted by molar-refractivity contribution is -0.386. The van der Waals surface area contributed by atoms with Crippen molar-refractivity contribution in [1.82, 2.24) is 0 Å². The van der Waals surface area contributed by atoms with Crippen LogP contribution in [0.4, 0.5) is 11.4 Å². The third kappa shape index (κ3) is 3.43. The van der Waals surface area contributed by atoms with Crippen molar-refractivity contribution in [3.63, 3.8) is 0 Å². The first-order valence-corrected chi connectivity index (χ1v) is 6.28. The summed E-state index contributed by atoms with van der Waals surface area (Å²) in [5, 5.41) is 23.9. The molecule has 0 saturated carbocycles. The number of anilines is 1. The van der Waals surface area contributed by atoms with Crippen LogP contribution in [0.15, 0.2) is 48.5 Å². The topological polar surface area (TPSA) is 92.5 Å². The van der Waals surface area contributed by atoms with Crippen molar-refractivity contribution in [3.05, 3.63) is 69.8 Å². The molecule has 0 aliphatic rings. The fourth-order valence-corrected chi connectivity index (χ4v) is 2.02. The van der Waals surface area contributed by atoms with Gasteiger partial charge in [-0.2, -0.15) is 0 Å². The number of hydrogen-bond acceptors (Lipinski definition) is 4. The van der Waals surface area contributed by atoms with Crippen LogP contribution in [-0.4, -0.2) is 15.9 Å². The molecular weight excluding hydrogens is 272 g/mol. The van der Waals surface area contributed by atoms with Gasteiger partial charge in [-0.3, -0.25) is 14.9 Å². The molecule has 0 radical (unpaired) electrons. The lowest BCUT2D eigenvalue weighted by atomic mass is 10.00. The van der Waals surface area contributed by atoms with Gasteiger partial charge in [0.25, 0.3) is 5.69 Å². The number of rotatable bonds is 4. The van der Waals surface area contributed by atoms with E-state index in [1.165, 1.54) is 19.1 Å². The predicted octanol–water partition coefficient (Wildman–Crippen LogP) is 2.63. The Balaban J connectivity index is 2.30. The van der Waals surface area contributed by atoms with Gasteiger partial charge in [0.1, 0.15) is 6.10 Å². The molecule has 0 spiro atoms. The normalized spacial score (nSPS) is 11.7. The molecule has 2 rings (SSSR count). The summed E-state index contributed by atoms with van der Waals surface area (Å²) in [6.07, 6.45) is -1.10. The van der Waals surface area contributed by atoms with E-state index in [0.29, 0.717) is 11.3 Å². The minimum atomic E-state index is -1.10. The van der Waals surface area contributed by atoms with Gasteiger partial charge in [-0.15, -0.1) is 0 Å². The zero-order valence-corrected chi connectivity index (χ0v) is 11.3. The Morgan fingerprint density at radius 2 is 1.81 bits per heavy atom. The predicted molar refractivity (Wildman–Crippen MR) is 77.9 cm³/mol. The molecule has 1 amide bonds. The van der Waals surface area contributed by atoms with Crippen LogP contribution in [0.1, 0.15) is 24.2 Å². The number of amides is 1. The quantitative estimate of drug-likeness (QED) is 0.667. The second kappa shape index (κ2) is 6.15. The number of aliphatic hydroxyl groups is 1. The van der Waals surface area contributed by atoms with Crippen molar-refractivity contribution in [2.75, 3.05) is 5.32 Å². The van der Waals surface area contributed by atoms with Gasteiger partial charge in [0.05, 0.1) is 10.5 Å². The summed E-state index contributed by atoms with van der Waals surface area (Å²) in [5.74, 6) is -0.193. The lowest BCUT2D eigenvalue weighted by Gasteiger charge is -2.12. The number of benzene rings is 2. The molecule has 0 heterocycles. The van der Waals surface area contributed by atoms with Crippen LogP contribution in [0, 0.1) is 10.1 Å². The molecule has 0 aliphatic heterocycles. The van der Waals surface area contributed by atoms with E-state index < -0.39 is 11.0 Å². The number of nitro groups is 1. The molecule has 2 aromatic rings. The van der Waals surface area contributed by atoms with E-state index >= 15 is 0 Å². The molecule has 6 heteroatoms. The van der Waals surface area contributed by atoms with Gasteiger partial charge >= 0.3 is 0 Å². The van der Waals surface area contributed by atoms with Gasteiger partial charge in [0, 0.05) is 18.7 Å². The first-order valence-electron chi connectivity index (χ1n) is 6.28. The molecule has 1 unspecified atom stereocenters. The molecule has 0 aliphatic carbocycles. The molecule has 2 N–H and O–H groups in total. The van der Waals surface area contributed by atoms with Crippen molar-refractivity contribution in [2.45, 2.75) is 13.0 Å². The number of nitrogens with zero attached hydrogens (tertiary/aromatic N) is 1. The first-order chi connectivity index (χ1) is 9.99. The van der Waals surface area contributed by atoms with Crippen molar-refractivity contribution < 1.29 is 14.8 Å². The molecule has 6 nitrogen and oxygen atoms in total. The highest BCUT2D eigenvalue weighted by molar-refractivity contribution is 5.88. The van der Waals surface area contributed by atoms with Crippen LogP contribution in [0.2, 0.25) is 0 Å². The summed E-state index contributed by atoms with van der Waals surface area (Å²) in [4.78, 5) is 21.4. The largest absolute Gasteiger partial charge is 0.383 e. The summed E-state index contributed by atoms with van der Waals surface area (Å²) >= 11 is 0. The van der Waals surface area contributed by atoms with Gasteiger partial charge in [-0.05, 0) is 23.8 Å². The van der Waals surface area contributed by atoms with Crippen molar-refractivity contribution in [2.24, 2.45) is 0 Å². The molecule has 0 saturated heterocycles. The molecule has 0 aromatic heterocycles. The maximum absolute atomic E-state index is 11.0. The molecule has 1 atom stereocenters. The number of carbonyl (C=O) groups excluding carboxylic acids is 1. The smallest absolute Gasteiger partial charge is 0.275 e. The molecular formula is C15H14N2O4. The van der Waals surface area contributed by atoms with Gasteiger partial charge in [0.2, 0.25) is 5.91 Å². The van der Waals surface area contributed by atoms with E-state index in [0.717, 1.165) is 0 Å². The average Bonchev–Trinajstić information content (AvgIpc) is 2.46. The SMILES string of the molecule is CC(=O)Nc1ccc(C(O)c2ccccc2[N+](=O)[O-])cc1. The Morgan fingerprint density at radius 3 is 2.38 bits per heavy atom. The Kier molecular flexibility index (Phi) is 4.30. The lowest BCUT2D eigenvalue weighted by Crippen LogP contribution is -2.07. The Bertz CT molecular complexity index is 668. The van der Waals surface area contributed by atoms with Crippen LogP contribution in [-0.2, 0) is 4.79 Å². The second-order valence-electron chi connectivity index (χ2n) is 4.52. The number of hydrogen-bond donors (Lipinski definition) is 2. The minimum Gasteiger partial charge on any atom is -0.383 e. The number of nitro benzene ring substituents is 1. The van der Waals surface area contributed by atoms with Crippen LogP contribution >= 0.6 is 0 Å². The average molecular weight is 286 g/mol. The zero-order chi connectivity index (χ0) is 15.4. The van der Waals surface area contributed by atoms with Gasteiger partial charge in [0.15, 0.2) is 0 Å². The van der Waals surface area contributed by atoms with Crippen LogP contribution in [0.25, 0.3) is 0 Å². The monoisotopic (exact) mass is 286 g/mol. The molecule has 0 bridgehead atoms. The maximum atomic E-state index is 11.0. The second-order valence-corrected chi connectivity index (χ2v) is 4.52. The molecule has 108 valence electrons. The van der Waals surface area contributed by atoms with Crippen molar-refractivity contribution >= 4 is 17.3 Å². The van der Waals surface area contributed by atoms with Crippen molar-refractivity contribution in [1.29, 1.82) is 0 Å². The Hall–Kier alpha value is -2.73. The van der Waals surface area contributed by atoms with Gasteiger partial charge in [-0.1, -0.05) is 24.3 Å². The van der Waals surface area contributed by atoms with E-state index in [4.69, 9.17) is 0 Å². The van der Waals surface area contributed by atoms with Gasteiger partial charge in [-0.25, -0.2) is 0 Å². The fourth-order valence-electron chi connectivity index (χ4n) is 2.02. The standard InChI is InChI=1S/C15H14N2O4/c1-10(18)16-12-8-6-11(7-9-12)15(19)13-4-2-3-5-14(13)17(20)21/h2-9,15,19H,1H3,(H,16,18). The highest BCUT2D eigenvalue weighted by Gasteiger charge is 2.20. The Labute approximate surface area is 121 Å². The van der Waals surface area contributed by atoms with Crippen molar-refractivity contribution in [3.8, 4) is 0 Å². The highest BCUT2D eigenvalue weighted by atomic mass is 16.6. The van der Waals surface area contributed by atoms with E-state index in [9.17, 15) is 20.0 Å². The number of carbonyl (C=O) groups is 1. The minimum absolute atomic E-state index is 0.129. The number of nitrogens with one attached hydrogen (secondary N) is 1. The summed E-state index contributed by atoms with van der Waals surface area (Å²) in [7, 11) is 0. The van der Waals surface area contributed by atoms with E-state index in [1.807, 2.05) is 0 Å². The van der Waals surface area contributed by atoms with E-state index in [2.05, 4.69) is 5.32 Å².